The predicted molar refractivity (Wildman–Crippen MR) is 79.5 cm³/mol. The van der Waals surface area contributed by atoms with Crippen LogP contribution in [-0.4, -0.2) is 85.7 Å². The molecule has 0 spiro atoms. The highest BCUT2D eigenvalue weighted by molar-refractivity contribution is 5.13. The van der Waals surface area contributed by atoms with Crippen molar-refractivity contribution >= 4 is 0 Å². The molecule has 0 aromatic heterocycles. The van der Waals surface area contributed by atoms with Gasteiger partial charge in [-0.3, -0.25) is 5.73 Å². The molecule has 38 heavy (non-hydrogen) atoms. The molecule has 0 rings (SSSR count). The van der Waals surface area contributed by atoms with E-state index in [4.69, 9.17) is 0 Å². The van der Waals surface area contributed by atoms with Gasteiger partial charge in [-0.1, -0.05) is 0 Å². The average molecular weight is 626 g/mol. The summed E-state index contributed by atoms with van der Waals surface area (Å²) < 4.78 is 271. The molecular formula is C14H12F22N2. The van der Waals surface area contributed by atoms with Crippen molar-refractivity contribution in [2.75, 3.05) is 6.54 Å². The van der Waals surface area contributed by atoms with Crippen molar-refractivity contribution in [1.29, 1.82) is 0 Å². The van der Waals surface area contributed by atoms with Crippen LogP contribution in [0, 0.1) is 0 Å². The van der Waals surface area contributed by atoms with Crippen LogP contribution in [0.2, 0.25) is 0 Å². The van der Waals surface area contributed by atoms with Crippen molar-refractivity contribution in [1.82, 2.24) is 0 Å². The molecule has 2 nitrogen and oxygen atoms in total. The van der Waals surface area contributed by atoms with Crippen LogP contribution in [0.1, 0.15) is 0 Å². The summed E-state index contributed by atoms with van der Waals surface area (Å²) in [4.78, 5) is 0. The highest BCUT2D eigenvalue weighted by Gasteiger charge is 2.93. The fourth-order valence-electron chi connectivity index (χ4n) is 1.79. The highest BCUT2D eigenvalue weighted by Crippen LogP contribution is 2.62. The SMILES string of the molecule is NC(F)C(F)C(F)C(F)C(F)C(F)F.NCC(F)(F)C(F)(F)C(F)(F)C(F)(F)C(F)(F)C(F)(F)C(F)(F)F. The Hall–Kier alpha value is -1.62. The fourth-order valence-corrected chi connectivity index (χ4v) is 1.79. The van der Waals surface area contributed by atoms with Crippen molar-refractivity contribution in [2.24, 2.45) is 11.5 Å². The van der Waals surface area contributed by atoms with Gasteiger partial charge in [0.1, 0.15) is 0 Å². The maximum atomic E-state index is 12.9. The molecule has 232 valence electrons. The number of alkyl halides is 22. The minimum absolute atomic E-state index is 2.84. The van der Waals surface area contributed by atoms with Gasteiger partial charge in [0.15, 0.2) is 31.0 Å². The van der Waals surface area contributed by atoms with Crippen LogP contribution in [0.5, 0.6) is 0 Å². The topological polar surface area (TPSA) is 52.0 Å². The second-order valence-electron chi connectivity index (χ2n) is 6.83. The van der Waals surface area contributed by atoms with Crippen LogP contribution < -0.4 is 11.5 Å². The summed E-state index contributed by atoms with van der Waals surface area (Å²) in [6.45, 7) is -2.84. The Balaban J connectivity index is 0. The predicted octanol–water partition coefficient (Wildman–Crippen LogP) is 6.18. The van der Waals surface area contributed by atoms with Gasteiger partial charge in [0.05, 0.1) is 6.54 Å². The summed E-state index contributed by atoms with van der Waals surface area (Å²) in [7, 11) is 0. The van der Waals surface area contributed by atoms with E-state index in [2.05, 4.69) is 11.5 Å². The molecule has 0 aliphatic carbocycles. The van der Waals surface area contributed by atoms with E-state index in [-0.39, 0.29) is 0 Å². The number of nitrogens with two attached hydrogens (primary N) is 2. The second kappa shape index (κ2) is 11.9. The van der Waals surface area contributed by atoms with Crippen molar-refractivity contribution < 1.29 is 96.6 Å². The third kappa shape index (κ3) is 6.74. The van der Waals surface area contributed by atoms with Gasteiger partial charge >= 0.3 is 41.7 Å². The van der Waals surface area contributed by atoms with Gasteiger partial charge in [0.25, 0.3) is 6.43 Å². The van der Waals surface area contributed by atoms with Crippen molar-refractivity contribution in [3.63, 3.8) is 0 Å². The lowest BCUT2D eigenvalue weighted by molar-refractivity contribution is -0.451. The Kier molecular flexibility index (Phi) is 12.0. The zero-order valence-corrected chi connectivity index (χ0v) is 17.1. The molecule has 0 fully saturated rings. The average Bonchev–Trinajstić information content (AvgIpc) is 2.75. The Bertz CT molecular complexity index is 714. The van der Waals surface area contributed by atoms with E-state index in [0.29, 0.717) is 0 Å². The molecule has 0 radical (unpaired) electrons. The van der Waals surface area contributed by atoms with Crippen molar-refractivity contribution in [3.05, 3.63) is 0 Å². The molecule has 0 aromatic carbocycles. The highest BCUT2D eigenvalue weighted by atomic mass is 19.4. The molecule has 0 amide bonds. The first-order valence-electron chi connectivity index (χ1n) is 8.62. The zero-order valence-electron chi connectivity index (χ0n) is 17.1. The number of rotatable bonds is 11. The molecule has 0 aromatic rings. The molecule has 0 aliphatic rings. The van der Waals surface area contributed by atoms with Gasteiger partial charge in [-0.25, -0.2) is 30.7 Å². The van der Waals surface area contributed by atoms with Crippen molar-refractivity contribution in [3.8, 4) is 0 Å². The third-order valence-corrected chi connectivity index (χ3v) is 4.11. The number of hydrogen-bond donors (Lipinski definition) is 2. The van der Waals surface area contributed by atoms with E-state index in [1.807, 2.05) is 0 Å². The standard InChI is InChI=1S/C8H4F15N.C6H8F7N/c9-2(10,1-24)3(11,12)4(13,14)5(15,16)6(17,18)7(19,20)8(21,22)23;7-1(3(9)5(11)12)2(8)4(10)6(13)14/h1,24H2;1-6H,14H2. The maximum absolute atomic E-state index is 12.9. The fraction of sp³-hybridized carbons (Fsp3) is 1.00. The summed E-state index contributed by atoms with van der Waals surface area (Å²) in [5.41, 5.74) is 8.07. The van der Waals surface area contributed by atoms with Crippen LogP contribution in [0.15, 0.2) is 0 Å². The van der Waals surface area contributed by atoms with Gasteiger partial charge in [0.2, 0.25) is 0 Å². The van der Waals surface area contributed by atoms with Gasteiger partial charge in [-0.05, 0) is 0 Å². The van der Waals surface area contributed by atoms with Crippen LogP contribution in [-0.2, 0) is 0 Å². The molecule has 5 atom stereocenters. The first-order valence-corrected chi connectivity index (χ1v) is 8.62. The molecule has 0 aliphatic heterocycles. The third-order valence-electron chi connectivity index (χ3n) is 4.11. The summed E-state index contributed by atoms with van der Waals surface area (Å²) in [5.74, 6) is -46.3. The van der Waals surface area contributed by atoms with E-state index >= 15 is 0 Å². The van der Waals surface area contributed by atoms with Gasteiger partial charge < -0.3 is 5.73 Å². The Morgan fingerprint density at radius 1 is 0.421 bits per heavy atom. The molecule has 4 N–H and O–H groups in total. The Morgan fingerprint density at radius 3 is 0.974 bits per heavy atom. The molecule has 5 unspecified atom stereocenters. The van der Waals surface area contributed by atoms with Crippen LogP contribution in [0.4, 0.5) is 96.6 Å². The summed E-state index contributed by atoms with van der Waals surface area (Å²) in [6, 6.07) is 0. The summed E-state index contributed by atoms with van der Waals surface area (Å²) in [5, 5.41) is 0. The molecule has 24 heteroatoms. The van der Waals surface area contributed by atoms with Crippen LogP contribution in [0.25, 0.3) is 0 Å². The zero-order chi connectivity index (χ0) is 31.7. The maximum Gasteiger partial charge on any atom is 0.460 e. The normalized spacial score (nSPS) is 18.9. The molecule has 0 heterocycles. The quantitative estimate of drug-likeness (QED) is 0.213. The van der Waals surface area contributed by atoms with E-state index in [1.165, 1.54) is 0 Å². The number of hydrogen-bond acceptors (Lipinski definition) is 2. The minimum Gasteiger partial charge on any atom is -0.325 e. The lowest BCUT2D eigenvalue weighted by Crippen LogP contribution is -2.73. The number of halogens is 22. The first-order chi connectivity index (χ1) is 16.3. The van der Waals surface area contributed by atoms with Gasteiger partial charge in [-0.2, -0.15) is 65.9 Å². The largest absolute Gasteiger partial charge is 0.460 e. The minimum atomic E-state index is -8.25. The van der Waals surface area contributed by atoms with Gasteiger partial charge in [-0.15, -0.1) is 0 Å². The molecule has 0 bridgehead atoms. The smallest absolute Gasteiger partial charge is 0.325 e. The van der Waals surface area contributed by atoms with Crippen LogP contribution in [0.3, 0.4) is 0 Å². The monoisotopic (exact) mass is 626 g/mol. The van der Waals surface area contributed by atoms with Gasteiger partial charge in [0, 0.05) is 0 Å². The van der Waals surface area contributed by atoms with E-state index in [9.17, 15) is 96.6 Å². The van der Waals surface area contributed by atoms with E-state index in [0.717, 1.165) is 0 Å². The van der Waals surface area contributed by atoms with Crippen LogP contribution >= 0.6 is 0 Å². The summed E-state index contributed by atoms with van der Waals surface area (Å²) >= 11 is 0. The second-order valence-corrected chi connectivity index (χ2v) is 6.83. The Labute approximate surface area is 195 Å². The molecule has 0 saturated carbocycles. The molecule has 0 saturated heterocycles. The van der Waals surface area contributed by atoms with E-state index in [1.54, 1.807) is 0 Å². The molecular weight excluding hydrogens is 614 g/mol. The first kappa shape index (κ1) is 38.5. The lowest BCUT2D eigenvalue weighted by atomic mass is 9.91. The van der Waals surface area contributed by atoms with E-state index < -0.39 is 85.7 Å². The summed E-state index contributed by atoms with van der Waals surface area (Å²) in [6.07, 6.45) is -27.7. The van der Waals surface area contributed by atoms with Crippen molar-refractivity contribution in [2.45, 2.75) is 79.1 Å². The Morgan fingerprint density at radius 2 is 0.711 bits per heavy atom. The lowest BCUT2D eigenvalue weighted by Gasteiger charge is -2.41.